The molecule has 1 N–H and O–H groups in total. The van der Waals surface area contributed by atoms with E-state index >= 15 is 0 Å². The van der Waals surface area contributed by atoms with E-state index in [9.17, 15) is 9.59 Å². The van der Waals surface area contributed by atoms with Gasteiger partial charge >= 0.3 is 0 Å². The van der Waals surface area contributed by atoms with Gasteiger partial charge in [-0.2, -0.15) is 0 Å². The predicted molar refractivity (Wildman–Crippen MR) is 92.4 cm³/mol. The largest absolute Gasteiger partial charge is 0.339 e. The lowest BCUT2D eigenvalue weighted by atomic mass is 10.1. The van der Waals surface area contributed by atoms with Crippen LogP contribution in [0.3, 0.4) is 0 Å². The molecular weight excluding hydrogens is 302 g/mol. The Hall–Kier alpha value is -2.43. The number of fused-ring (bicyclic) bond motifs is 1. The van der Waals surface area contributed by atoms with Crippen molar-refractivity contribution in [2.45, 2.75) is 38.1 Å². The molecule has 5 heteroatoms. The average Bonchev–Trinajstić information content (AvgIpc) is 3.24. The maximum absolute atomic E-state index is 12.5. The fourth-order valence-electron chi connectivity index (χ4n) is 3.84. The second-order valence-electron chi connectivity index (χ2n) is 6.76. The summed E-state index contributed by atoms with van der Waals surface area (Å²) >= 11 is 0. The number of nitrogens with one attached hydrogen (secondary N) is 1. The maximum atomic E-state index is 12.5. The quantitative estimate of drug-likeness (QED) is 0.944. The van der Waals surface area contributed by atoms with Crippen LogP contribution in [0.1, 0.15) is 32.1 Å². The molecule has 1 atom stereocenters. The molecule has 1 aromatic heterocycles. The summed E-state index contributed by atoms with van der Waals surface area (Å²) in [6, 6.07) is 11.9. The van der Waals surface area contributed by atoms with Crippen LogP contribution in [-0.2, 0) is 9.59 Å². The zero-order valence-electron chi connectivity index (χ0n) is 13.6. The lowest BCUT2D eigenvalue weighted by molar-refractivity contribution is -0.129. The number of carbonyl (C=O) groups is 2. The van der Waals surface area contributed by atoms with Gasteiger partial charge in [0.15, 0.2) is 0 Å². The van der Waals surface area contributed by atoms with Crippen molar-refractivity contribution < 1.29 is 9.59 Å². The second-order valence-corrected chi connectivity index (χ2v) is 6.76. The van der Waals surface area contributed by atoms with E-state index in [1.54, 1.807) is 0 Å². The molecule has 24 heavy (non-hydrogen) atoms. The monoisotopic (exact) mass is 323 g/mol. The molecule has 2 heterocycles. The summed E-state index contributed by atoms with van der Waals surface area (Å²) in [7, 11) is 0. The van der Waals surface area contributed by atoms with Crippen LogP contribution >= 0.6 is 0 Å². The number of hydrogen-bond acceptors (Lipinski definition) is 3. The van der Waals surface area contributed by atoms with E-state index in [4.69, 9.17) is 0 Å². The van der Waals surface area contributed by atoms with Gasteiger partial charge < -0.3 is 10.2 Å². The number of amides is 2. The number of rotatable bonds is 3. The molecule has 1 saturated carbocycles. The molecule has 1 aromatic carbocycles. The first-order valence-electron chi connectivity index (χ1n) is 8.67. The Morgan fingerprint density at radius 2 is 1.92 bits per heavy atom. The van der Waals surface area contributed by atoms with Gasteiger partial charge in [0, 0.05) is 24.4 Å². The number of para-hydroxylation sites is 1. The molecule has 0 bridgehead atoms. The molecule has 4 rings (SSSR count). The lowest BCUT2D eigenvalue weighted by Crippen LogP contribution is -2.35. The predicted octanol–water partition coefficient (Wildman–Crippen LogP) is 2.96. The van der Waals surface area contributed by atoms with E-state index in [0.29, 0.717) is 24.8 Å². The van der Waals surface area contributed by atoms with E-state index in [1.165, 1.54) is 12.8 Å². The summed E-state index contributed by atoms with van der Waals surface area (Å²) < 4.78 is 0. The Balaban J connectivity index is 1.44. The number of anilines is 1. The minimum Gasteiger partial charge on any atom is -0.339 e. The molecule has 124 valence electrons. The third-order valence-corrected chi connectivity index (χ3v) is 5.14. The Labute approximate surface area is 141 Å². The van der Waals surface area contributed by atoms with E-state index in [2.05, 4.69) is 10.3 Å². The summed E-state index contributed by atoms with van der Waals surface area (Å²) in [6.45, 7) is 0.545. The Morgan fingerprint density at radius 3 is 2.75 bits per heavy atom. The Morgan fingerprint density at radius 1 is 1.12 bits per heavy atom. The first kappa shape index (κ1) is 15.1. The van der Waals surface area contributed by atoms with Crippen LogP contribution in [-0.4, -0.2) is 34.3 Å². The van der Waals surface area contributed by atoms with Crippen molar-refractivity contribution >= 4 is 28.5 Å². The van der Waals surface area contributed by atoms with Crippen LogP contribution in [0, 0.1) is 5.92 Å². The zero-order chi connectivity index (χ0) is 16.5. The van der Waals surface area contributed by atoms with Crippen LogP contribution in [0.15, 0.2) is 36.4 Å². The number of pyridine rings is 1. The van der Waals surface area contributed by atoms with Crippen molar-refractivity contribution in [1.82, 2.24) is 9.88 Å². The highest BCUT2D eigenvalue weighted by Gasteiger charge is 2.38. The molecule has 0 spiro atoms. The van der Waals surface area contributed by atoms with E-state index < -0.39 is 0 Å². The molecule has 2 aromatic rings. The summed E-state index contributed by atoms with van der Waals surface area (Å²) in [5.74, 6) is 0.289. The number of carbonyl (C=O) groups excluding carboxylic acids is 2. The Bertz CT molecular complexity index is 783. The van der Waals surface area contributed by atoms with Crippen LogP contribution in [0.2, 0.25) is 0 Å². The highest BCUT2D eigenvalue weighted by Crippen LogP contribution is 2.30. The van der Waals surface area contributed by atoms with Crippen molar-refractivity contribution in [3.8, 4) is 0 Å². The summed E-state index contributed by atoms with van der Waals surface area (Å²) in [5.41, 5.74) is 0.852. The third kappa shape index (κ3) is 2.86. The minimum atomic E-state index is -0.272. The summed E-state index contributed by atoms with van der Waals surface area (Å²) in [5, 5.41) is 3.92. The standard InChI is InChI=1S/C19H21N3O2/c23-18-11-14(12-22(18)15-6-2-3-7-15)19(24)21-17-10-9-13-5-1-4-8-16(13)20-17/h1,4-5,8-10,14-15H,2-3,6-7,11-12H2,(H,20,21,24). The van der Waals surface area contributed by atoms with Gasteiger partial charge in [0.05, 0.1) is 11.4 Å². The number of benzene rings is 1. The summed E-state index contributed by atoms with van der Waals surface area (Å²) in [6.07, 6.45) is 4.84. The number of hydrogen-bond donors (Lipinski definition) is 1. The molecule has 2 fully saturated rings. The van der Waals surface area contributed by atoms with Gasteiger partial charge in [-0.1, -0.05) is 31.0 Å². The molecule has 1 unspecified atom stereocenters. The van der Waals surface area contributed by atoms with Crippen molar-refractivity contribution in [2.24, 2.45) is 5.92 Å². The fourth-order valence-corrected chi connectivity index (χ4v) is 3.84. The molecule has 1 saturated heterocycles. The molecule has 2 amide bonds. The fraction of sp³-hybridized carbons (Fsp3) is 0.421. The van der Waals surface area contributed by atoms with Gasteiger partial charge in [-0.25, -0.2) is 4.98 Å². The van der Waals surface area contributed by atoms with Gasteiger partial charge in [-0.15, -0.1) is 0 Å². The Kier molecular flexibility index (Phi) is 3.92. The lowest BCUT2D eigenvalue weighted by Gasteiger charge is -2.23. The number of aromatic nitrogens is 1. The SMILES string of the molecule is O=C(Nc1ccc2ccccc2n1)C1CC(=O)N(C2CCCC2)C1. The van der Waals surface area contributed by atoms with Gasteiger partial charge in [-0.05, 0) is 31.0 Å². The van der Waals surface area contributed by atoms with E-state index in [0.717, 1.165) is 23.7 Å². The van der Waals surface area contributed by atoms with Crippen molar-refractivity contribution in [3.63, 3.8) is 0 Å². The normalized spacial score (nSPS) is 21.6. The highest BCUT2D eigenvalue weighted by atomic mass is 16.2. The summed E-state index contributed by atoms with van der Waals surface area (Å²) in [4.78, 5) is 31.2. The van der Waals surface area contributed by atoms with Gasteiger partial charge in [0.25, 0.3) is 0 Å². The number of likely N-dealkylation sites (tertiary alicyclic amines) is 1. The first-order chi connectivity index (χ1) is 11.7. The van der Waals surface area contributed by atoms with Crippen LogP contribution < -0.4 is 5.32 Å². The molecule has 1 aliphatic heterocycles. The zero-order valence-corrected chi connectivity index (χ0v) is 13.6. The topological polar surface area (TPSA) is 62.3 Å². The molecule has 2 aliphatic rings. The molecule has 1 aliphatic carbocycles. The number of nitrogens with zero attached hydrogens (tertiary/aromatic N) is 2. The van der Waals surface area contributed by atoms with Crippen molar-refractivity contribution in [2.75, 3.05) is 11.9 Å². The van der Waals surface area contributed by atoms with E-state index in [-0.39, 0.29) is 17.7 Å². The smallest absolute Gasteiger partial charge is 0.230 e. The van der Waals surface area contributed by atoms with Gasteiger partial charge in [0.2, 0.25) is 11.8 Å². The van der Waals surface area contributed by atoms with Crippen molar-refractivity contribution in [1.29, 1.82) is 0 Å². The average molecular weight is 323 g/mol. The maximum Gasteiger partial charge on any atom is 0.230 e. The van der Waals surface area contributed by atoms with Gasteiger partial charge in [0.1, 0.15) is 5.82 Å². The van der Waals surface area contributed by atoms with Crippen LogP contribution in [0.5, 0.6) is 0 Å². The third-order valence-electron chi connectivity index (χ3n) is 5.14. The molecule has 0 radical (unpaired) electrons. The second kappa shape index (κ2) is 6.23. The highest BCUT2D eigenvalue weighted by molar-refractivity contribution is 5.97. The van der Waals surface area contributed by atoms with Crippen molar-refractivity contribution in [3.05, 3.63) is 36.4 Å². The minimum absolute atomic E-state index is 0.105. The molecular formula is C19H21N3O2. The van der Waals surface area contributed by atoms with Gasteiger partial charge in [-0.3, -0.25) is 9.59 Å². The van der Waals surface area contributed by atoms with Crippen LogP contribution in [0.4, 0.5) is 5.82 Å². The first-order valence-corrected chi connectivity index (χ1v) is 8.67. The van der Waals surface area contributed by atoms with Crippen LogP contribution in [0.25, 0.3) is 10.9 Å². The molecule has 5 nitrogen and oxygen atoms in total. The van der Waals surface area contributed by atoms with E-state index in [1.807, 2.05) is 41.3 Å².